The third-order valence-corrected chi connectivity index (χ3v) is 3.11. The molecule has 5 nitrogen and oxygen atoms in total. The topological polar surface area (TPSA) is 68.5 Å². The van der Waals surface area contributed by atoms with E-state index in [1.807, 2.05) is 11.9 Å². The lowest BCUT2D eigenvalue weighted by atomic mass is 10.1. The molecule has 0 aliphatic heterocycles. The lowest BCUT2D eigenvalue weighted by Gasteiger charge is -2.23. The number of ether oxygens (including phenoxy) is 1. The van der Waals surface area contributed by atoms with Crippen molar-refractivity contribution in [1.82, 2.24) is 4.98 Å². The van der Waals surface area contributed by atoms with Crippen molar-refractivity contribution < 1.29 is 9.53 Å². The molecule has 0 saturated carbocycles. The largest absolute Gasteiger partial charge is 0.462 e. The molecule has 1 heterocycles. The van der Waals surface area contributed by atoms with Crippen LogP contribution < -0.4 is 10.6 Å². The van der Waals surface area contributed by atoms with E-state index < -0.39 is 5.97 Å². The van der Waals surface area contributed by atoms with Gasteiger partial charge in [0.25, 0.3) is 0 Å². The second-order valence-corrected chi connectivity index (χ2v) is 4.71. The number of rotatable bonds is 6. The number of nitrogens with two attached hydrogens (primary N) is 1. The Morgan fingerprint density at radius 2 is 2.21 bits per heavy atom. The van der Waals surface area contributed by atoms with Gasteiger partial charge >= 0.3 is 5.97 Å². The summed E-state index contributed by atoms with van der Waals surface area (Å²) in [5, 5.41) is 0. The van der Waals surface area contributed by atoms with Gasteiger partial charge in [-0.1, -0.05) is 20.3 Å². The van der Waals surface area contributed by atoms with Crippen LogP contribution in [0.4, 0.5) is 11.5 Å². The predicted octanol–water partition coefficient (Wildman–Crippen LogP) is 2.32. The van der Waals surface area contributed by atoms with Gasteiger partial charge in [0.2, 0.25) is 0 Å². The molecule has 0 amide bonds. The third-order valence-electron chi connectivity index (χ3n) is 3.11. The first-order valence-corrected chi connectivity index (χ1v) is 6.63. The molecule has 2 N–H and O–H groups in total. The van der Waals surface area contributed by atoms with Crippen molar-refractivity contribution in [3.8, 4) is 0 Å². The molecule has 0 aliphatic rings. The van der Waals surface area contributed by atoms with Crippen molar-refractivity contribution in [3.63, 3.8) is 0 Å². The van der Waals surface area contributed by atoms with E-state index in [0.717, 1.165) is 13.0 Å². The van der Waals surface area contributed by atoms with E-state index in [9.17, 15) is 4.79 Å². The van der Waals surface area contributed by atoms with Crippen molar-refractivity contribution in [2.24, 2.45) is 5.92 Å². The maximum atomic E-state index is 11.8. The van der Waals surface area contributed by atoms with Crippen LogP contribution in [-0.2, 0) is 4.74 Å². The van der Waals surface area contributed by atoms with Crippen molar-refractivity contribution in [2.45, 2.75) is 27.2 Å². The highest BCUT2D eigenvalue weighted by Crippen LogP contribution is 2.24. The fourth-order valence-corrected chi connectivity index (χ4v) is 1.84. The number of nitrogens with zero attached hydrogens (tertiary/aromatic N) is 2. The van der Waals surface area contributed by atoms with Crippen LogP contribution >= 0.6 is 0 Å². The number of nitrogen functional groups attached to an aromatic ring is 1. The molecule has 0 aliphatic carbocycles. The molecule has 1 atom stereocenters. The molecule has 0 bridgehead atoms. The smallest absolute Gasteiger partial charge is 0.340 e. The second kappa shape index (κ2) is 6.97. The van der Waals surface area contributed by atoms with Crippen LogP contribution in [0.2, 0.25) is 0 Å². The number of esters is 1. The number of carbonyl (C=O) groups is 1. The summed E-state index contributed by atoms with van der Waals surface area (Å²) in [5.74, 6) is 0.767. The molecule has 106 valence electrons. The van der Waals surface area contributed by atoms with Crippen LogP contribution in [0, 0.1) is 5.92 Å². The van der Waals surface area contributed by atoms with Crippen LogP contribution in [0.3, 0.4) is 0 Å². The first kappa shape index (κ1) is 15.3. The molecule has 1 aromatic rings. The summed E-state index contributed by atoms with van der Waals surface area (Å²) < 4.78 is 4.98. The quantitative estimate of drug-likeness (QED) is 0.799. The molecule has 0 saturated heterocycles. The fraction of sp³-hybridized carbons (Fsp3) is 0.571. The van der Waals surface area contributed by atoms with E-state index in [1.165, 1.54) is 0 Å². The minimum atomic E-state index is -0.402. The fourth-order valence-electron chi connectivity index (χ4n) is 1.84. The lowest BCUT2D eigenvalue weighted by Crippen LogP contribution is -2.26. The number of pyridine rings is 1. The normalized spacial score (nSPS) is 12.0. The molecule has 0 radical (unpaired) electrons. The Labute approximate surface area is 114 Å². The molecular weight excluding hydrogens is 242 g/mol. The Morgan fingerprint density at radius 3 is 2.79 bits per heavy atom. The standard InChI is InChI=1S/C14H23N3O2/c1-5-10(3)9-17(4)13-12(15)11(7-8-16-13)14(18)19-6-2/h7-8,10H,5-6,9,15H2,1-4H3. The second-order valence-electron chi connectivity index (χ2n) is 4.71. The molecular formula is C14H23N3O2. The number of hydrogen-bond acceptors (Lipinski definition) is 5. The van der Waals surface area contributed by atoms with Gasteiger partial charge < -0.3 is 15.4 Å². The molecule has 19 heavy (non-hydrogen) atoms. The van der Waals surface area contributed by atoms with Gasteiger partial charge in [-0.05, 0) is 18.9 Å². The summed E-state index contributed by atoms with van der Waals surface area (Å²) in [6, 6.07) is 1.59. The van der Waals surface area contributed by atoms with Gasteiger partial charge in [-0.3, -0.25) is 0 Å². The number of hydrogen-bond donors (Lipinski definition) is 1. The van der Waals surface area contributed by atoms with E-state index >= 15 is 0 Å². The van der Waals surface area contributed by atoms with E-state index in [-0.39, 0.29) is 0 Å². The van der Waals surface area contributed by atoms with Crippen LogP contribution in [-0.4, -0.2) is 31.2 Å². The molecule has 1 aromatic heterocycles. The van der Waals surface area contributed by atoms with E-state index in [1.54, 1.807) is 19.2 Å². The summed E-state index contributed by atoms with van der Waals surface area (Å²) in [5.41, 5.74) is 6.79. The molecule has 1 rings (SSSR count). The molecule has 5 heteroatoms. The van der Waals surface area contributed by atoms with Crippen LogP contribution in [0.25, 0.3) is 0 Å². The predicted molar refractivity (Wildman–Crippen MR) is 77.3 cm³/mol. The average molecular weight is 265 g/mol. The van der Waals surface area contributed by atoms with E-state index in [4.69, 9.17) is 10.5 Å². The van der Waals surface area contributed by atoms with E-state index in [0.29, 0.717) is 29.6 Å². The monoisotopic (exact) mass is 265 g/mol. The average Bonchev–Trinajstić information content (AvgIpc) is 2.38. The van der Waals surface area contributed by atoms with Gasteiger partial charge in [-0.15, -0.1) is 0 Å². The van der Waals surface area contributed by atoms with Gasteiger partial charge in [0, 0.05) is 19.8 Å². The minimum absolute atomic E-state index is 0.332. The summed E-state index contributed by atoms with van der Waals surface area (Å²) in [7, 11) is 1.93. The first-order chi connectivity index (χ1) is 9.01. The van der Waals surface area contributed by atoms with Gasteiger partial charge in [0.1, 0.15) is 0 Å². The number of aromatic nitrogens is 1. The Bertz CT molecular complexity index is 435. The van der Waals surface area contributed by atoms with Crippen LogP contribution in [0.15, 0.2) is 12.3 Å². The number of carbonyl (C=O) groups excluding carboxylic acids is 1. The molecule has 0 fully saturated rings. The van der Waals surface area contributed by atoms with Crippen LogP contribution in [0.1, 0.15) is 37.6 Å². The zero-order valence-corrected chi connectivity index (χ0v) is 12.1. The summed E-state index contributed by atoms with van der Waals surface area (Å²) in [6.07, 6.45) is 2.67. The maximum Gasteiger partial charge on any atom is 0.340 e. The molecule has 1 unspecified atom stereocenters. The van der Waals surface area contributed by atoms with Crippen molar-refractivity contribution in [3.05, 3.63) is 17.8 Å². The van der Waals surface area contributed by atoms with Gasteiger partial charge in [-0.25, -0.2) is 9.78 Å². The minimum Gasteiger partial charge on any atom is -0.462 e. The molecule has 0 spiro atoms. The van der Waals surface area contributed by atoms with Crippen LogP contribution in [0.5, 0.6) is 0 Å². The summed E-state index contributed by atoms with van der Waals surface area (Å²) in [4.78, 5) is 18.0. The molecule has 0 aromatic carbocycles. The van der Waals surface area contributed by atoms with E-state index in [2.05, 4.69) is 18.8 Å². The van der Waals surface area contributed by atoms with Crippen molar-refractivity contribution in [1.29, 1.82) is 0 Å². The highest BCUT2D eigenvalue weighted by molar-refractivity contribution is 5.97. The highest BCUT2D eigenvalue weighted by atomic mass is 16.5. The summed E-state index contributed by atoms with van der Waals surface area (Å²) >= 11 is 0. The maximum absolute atomic E-state index is 11.8. The Kier molecular flexibility index (Phi) is 5.60. The Hall–Kier alpha value is -1.78. The third kappa shape index (κ3) is 3.84. The Balaban J connectivity index is 2.97. The van der Waals surface area contributed by atoms with Gasteiger partial charge in [-0.2, -0.15) is 0 Å². The van der Waals surface area contributed by atoms with Crippen molar-refractivity contribution >= 4 is 17.5 Å². The first-order valence-electron chi connectivity index (χ1n) is 6.63. The SMILES string of the molecule is CCOC(=O)c1ccnc(N(C)CC(C)CC)c1N. The summed E-state index contributed by atoms with van der Waals surface area (Å²) in [6.45, 7) is 7.26. The zero-order chi connectivity index (χ0) is 14.4. The van der Waals surface area contributed by atoms with Gasteiger partial charge in [0.05, 0.1) is 17.9 Å². The zero-order valence-electron chi connectivity index (χ0n) is 12.1. The van der Waals surface area contributed by atoms with Crippen molar-refractivity contribution in [2.75, 3.05) is 30.8 Å². The number of anilines is 2. The Morgan fingerprint density at radius 1 is 1.53 bits per heavy atom. The van der Waals surface area contributed by atoms with Gasteiger partial charge in [0.15, 0.2) is 5.82 Å². The highest BCUT2D eigenvalue weighted by Gasteiger charge is 2.17. The lowest BCUT2D eigenvalue weighted by molar-refractivity contribution is 0.0527.